The fraction of sp³-hybridized carbons (Fsp3) is 0.400. The van der Waals surface area contributed by atoms with Gasteiger partial charge in [0.15, 0.2) is 0 Å². The van der Waals surface area contributed by atoms with Crippen LogP contribution in [0.4, 0.5) is 4.39 Å². The topological polar surface area (TPSA) is 26.0 Å². The van der Waals surface area contributed by atoms with Crippen LogP contribution in [0.15, 0.2) is 18.2 Å². The smallest absolute Gasteiger partial charge is 0.126 e. The Kier molecular flexibility index (Phi) is 5.30. The van der Waals surface area contributed by atoms with Crippen molar-refractivity contribution in [3.63, 3.8) is 0 Å². The van der Waals surface area contributed by atoms with Gasteiger partial charge in [-0.15, -0.1) is 0 Å². The maximum atomic E-state index is 12.7. The third kappa shape index (κ3) is 2.62. The fourth-order valence-corrected chi connectivity index (χ4v) is 0.873. The standard InChI is InChI=1S/C8H10FN.C2H6/c1-6-7(5-10)3-2-4-8(6)9;1-2/h2-4H,5,10H2,1H3;1-2H3. The maximum Gasteiger partial charge on any atom is 0.126 e. The molecule has 0 aromatic heterocycles. The molecule has 0 saturated carbocycles. The van der Waals surface area contributed by atoms with Crippen molar-refractivity contribution in [2.75, 3.05) is 0 Å². The van der Waals surface area contributed by atoms with Gasteiger partial charge in [0.05, 0.1) is 0 Å². The van der Waals surface area contributed by atoms with Crippen LogP contribution in [0.5, 0.6) is 0 Å². The summed E-state index contributed by atoms with van der Waals surface area (Å²) in [6.07, 6.45) is 0. The number of hydrogen-bond donors (Lipinski definition) is 1. The van der Waals surface area contributed by atoms with Gasteiger partial charge in [-0.2, -0.15) is 0 Å². The molecule has 2 heteroatoms. The number of benzene rings is 1. The Hall–Kier alpha value is -0.890. The van der Waals surface area contributed by atoms with Crippen molar-refractivity contribution in [2.24, 2.45) is 5.73 Å². The molecule has 1 aromatic carbocycles. The molecular formula is C10H16FN. The number of hydrogen-bond acceptors (Lipinski definition) is 1. The van der Waals surface area contributed by atoms with Gasteiger partial charge >= 0.3 is 0 Å². The summed E-state index contributed by atoms with van der Waals surface area (Å²) in [6, 6.07) is 4.94. The van der Waals surface area contributed by atoms with Gasteiger partial charge in [0.2, 0.25) is 0 Å². The maximum absolute atomic E-state index is 12.7. The first-order valence-corrected chi connectivity index (χ1v) is 4.19. The molecule has 0 saturated heterocycles. The van der Waals surface area contributed by atoms with Crippen molar-refractivity contribution in [3.8, 4) is 0 Å². The Morgan fingerprint density at radius 1 is 1.33 bits per heavy atom. The zero-order valence-corrected chi connectivity index (χ0v) is 7.89. The minimum absolute atomic E-state index is 0.178. The van der Waals surface area contributed by atoms with Crippen LogP contribution >= 0.6 is 0 Å². The van der Waals surface area contributed by atoms with Crippen molar-refractivity contribution < 1.29 is 4.39 Å². The Labute approximate surface area is 73.4 Å². The molecule has 0 heterocycles. The molecule has 0 amide bonds. The molecule has 12 heavy (non-hydrogen) atoms. The highest BCUT2D eigenvalue weighted by atomic mass is 19.1. The highest BCUT2D eigenvalue weighted by Gasteiger charge is 1.99. The van der Waals surface area contributed by atoms with Gasteiger partial charge in [-0.3, -0.25) is 0 Å². The second kappa shape index (κ2) is 5.72. The molecule has 0 bridgehead atoms. The van der Waals surface area contributed by atoms with Gasteiger partial charge in [-0.05, 0) is 24.1 Å². The van der Waals surface area contributed by atoms with Crippen molar-refractivity contribution in [2.45, 2.75) is 27.3 Å². The van der Waals surface area contributed by atoms with Crippen molar-refractivity contribution in [1.82, 2.24) is 0 Å². The van der Waals surface area contributed by atoms with E-state index in [-0.39, 0.29) is 5.82 Å². The Balaban J connectivity index is 0.000000561. The Morgan fingerprint density at radius 3 is 2.33 bits per heavy atom. The van der Waals surface area contributed by atoms with Crippen LogP contribution in [0.2, 0.25) is 0 Å². The Morgan fingerprint density at radius 2 is 1.92 bits per heavy atom. The van der Waals surface area contributed by atoms with E-state index in [4.69, 9.17) is 5.73 Å². The summed E-state index contributed by atoms with van der Waals surface area (Å²) in [5.41, 5.74) is 6.89. The second-order valence-corrected chi connectivity index (χ2v) is 2.23. The first-order chi connectivity index (χ1) is 5.75. The van der Waals surface area contributed by atoms with Crippen LogP contribution in [0, 0.1) is 12.7 Å². The monoisotopic (exact) mass is 169 g/mol. The zero-order valence-electron chi connectivity index (χ0n) is 7.89. The van der Waals surface area contributed by atoms with E-state index in [1.165, 1.54) is 6.07 Å². The van der Waals surface area contributed by atoms with E-state index in [2.05, 4.69) is 0 Å². The summed E-state index contributed by atoms with van der Waals surface area (Å²) >= 11 is 0. The van der Waals surface area contributed by atoms with E-state index in [9.17, 15) is 4.39 Å². The van der Waals surface area contributed by atoms with Crippen molar-refractivity contribution in [3.05, 3.63) is 35.1 Å². The van der Waals surface area contributed by atoms with Crippen molar-refractivity contribution >= 4 is 0 Å². The second-order valence-electron chi connectivity index (χ2n) is 2.23. The molecular weight excluding hydrogens is 153 g/mol. The van der Waals surface area contributed by atoms with Crippen LogP contribution in [0.25, 0.3) is 0 Å². The van der Waals surface area contributed by atoms with Crippen LogP contribution in [0.3, 0.4) is 0 Å². The number of rotatable bonds is 1. The fourth-order valence-electron chi connectivity index (χ4n) is 0.873. The summed E-state index contributed by atoms with van der Waals surface area (Å²) in [5, 5.41) is 0. The van der Waals surface area contributed by atoms with E-state index in [1.807, 2.05) is 19.9 Å². The average molecular weight is 169 g/mol. The predicted octanol–water partition coefficient (Wildman–Crippen LogP) is 2.62. The van der Waals surface area contributed by atoms with E-state index in [0.717, 1.165) is 5.56 Å². The molecule has 2 N–H and O–H groups in total. The van der Waals surface area contributed by atoms with Crippen LogP contribution < -0.4 is 5.73 Å². The quantitative estimate of drug-likeness (QED) is 0.687. The lowest BCUT2D eigenvalue weighted by molar-refractivity contribution is 0.615. The van der Waals surface area contributed by atoms with E-state index in [1.54, 1.807) is 13.0 Å². The van der Waals surface area contributed by atoms with Crippen molar-refractivity contribution in [1.29, 1.82) is 0 Å². The minimum atomic E-state index is -0.178. The summed E-state index contributed by atoms with van der Waals surface area (Å²) in [7, 11) is 0. The number of nitrogens with two attached hydrogens (primary N) is 1. The molecule has 0 aliphatic heterocycles. The molecule has 1 rings (SSSR count). The lowest BCUT2D eigenvalue weighted by Gasteiger charge is -2.01. The largest absolute Gasteiger partial charge is 0.326 e. The molecule has 0 radical (unpaired) electrons. The SMILES string of the molecule is CC.Cc1c(F)cccc1CN. The normalized spacial score (nSPS) is 8.75. The summed E-state index contributed by atoms with van der Waals surface area (Å²) in [5.74, 6) is -0.178. The molecule has 1 aromatic rings. The first kappa shape index (κ1) is 11.1. The Bertz CT molecular complexity index is 233. The van der Waals surface area contributed by atoms with E-state index in [0.29, 0.717) is 12.1 Å². The third-order valence-corrected chi connectivity index (χ3v) is 1.60. The van der Waals surface area contributed by atoms with Gasteiger partial charge in [-0.1, -0.05) is 26.0 Å². The van der Waals surface area contributed by atoms with Crippen LogP contribution in [-0.2, 0) is 6.54 Å². The lowest BCUT2D eigenvalue weighted by atomic mass is 10.1. The van der Waals surface area contributed by atoms with E-state index < -0.39 is 0 Å². The lowest BCUT2D eigenvalue weighted by Crippen LogP contribution is -1.99. The summed E-state index contributed by atoms with van der Waals surface area (Å²) in [6.45, 7) is 6.14. The molecule has 1 nitrogen and oxygen atoms in total. The van der Waals surface area contributed by atoms with Crippen LogP contribution in [0.1, 0.15) is 25.0 Å². The average Bonchev–Trinajstić information content (AvgIpc) is 2.13. The van der Waals surface area contributed by atoms with Gasteiger partial charge < -0.3 is 5.73 Å². The molecule has 0 atom stereocenters. The van der Waals surface area contributed by atoms with Crippen LogP contribution in [-0.4, -0.2) is 0 Å². The molecule has 0 spiro atoms. The number of halogens is 1. The van der Waals surface area contributed by atoms with Gasteiger partial charge in [0.1, 0.15) is 5.82 Å². The molecule has 68 valence electrons. The molecule has 0 aliphatic carbocycles. The molecule has 0 aliphatic rings. The molecule has 0 unspecified atom stereocenters. The zero-order chi connectivity index (χ0) is 9.56. The van der Waals surface area contributed by atoms with E-state index >= 15 is 0 Å². The highest BCUT2D eigenvalue weighted by Crippen LogP contribution is 2.10. The van der Waals surface area contributed by atoms with Gasteiger partial charge in [0.25, 0.3) is 0 Å². The minimum Gasteiger partial charge on any atom is -0.326 e. The predicted molar refractivity (Wildman–Crippen MR) is 50.4 cm³/mol. The highest BCUT2D eigenvalue weighted by molar-refractivity contribution is 5.26. The van der Waals surface area contributed by atoms with Gasteiger partial charge in [0, 0.05) is 6.54 Å². The summed E-state index contributed by atoms with van der Waals surface area (Å²) in [4.78, 5) is 0. The molecule has 0 fully saturated rings. The first-order valence-electron chi connectivity index (χ1n) is 4.19. The summed E-state index contributed by atoms with van der Waals surface area (Å²) < 4.78 is 12.7. The van der Waals surface area contributed by atoms with Gasteiger partial charge in [-0.25, -0.2) is 4.39 Å². The third-order valence-electron chi connectivity index (χ3n) is 1.60.